The molecule has 0 spiro atoms. The van der Waals surface area contributed by atoms with E-state index in [0.29, 0.717) is 19.0 Å². The Morgan fingerprint density at radius 3 is 2.69 bits per heavy atom. The van der Waals surface area contributed by atoms with Crippen LogP contribution in [-0.2, 0) is 12.1 Å². The number of hydrogen-bond acceptors (Lipinski definition) is 5. The predicted molar refractivity (Wildman–Crippen MR) is 116 cm³/mol. The van der Waals surface area contributed by atoms with E-state index in [1.807, 2.05) is 39.1 Å². The molecule has 0 aromatic carbocycles. The van der Waals surface area contributed by atoms with Crippen LogP contribution in [0.2, 0.25) is 0 Å². The second kappa shape index (κ2) is 9.31. The molecule has 1 fully saturated rings. The molecule has 158 valence electrons. The molecule has 1 atom stereocenters. The first-order chi connectivity index (χ1) is 13.9. The van der Waals surface area contributed by atoms with E-state index >= 15 is 0 Å². The molecule has 0 aliphatic carbocycles. The van der Waals surface area contributed by atoms with Crippen molar-refractivity contribution in [1.29, 1.82) is 0 Å². The maximum absolute atomic E-state index is 10.9. The van der Waals surface area contributed by atoms with Gasteiger partial charge in [-0.1, -0.05) is 0 Å². The minimum absolute atomic E-state index is 0.327. The van der Waals surface area contributed by atoms with Crippen molar-refractivity contribution in [3.8, 4) is 0 Å². The van der Waals surface area contributed by atoms with Crippen molar-refractivity contribution < 1.29 is 9.52 Å². The van der Waals surface area contributed by atoms with Crippen LogP contribution < -0.4 is 15.5 Å². The minimum atomic E-state index is -1.06. The summed E-state index contributed by atoms with van der Waals surface area (Å²) in [5.74, 6) is 3.24. The number of aryl methyl sites for hydroxylation is 2. The molecule has 0 amide bonds. The Labute approximate surface area is 173 Å². The zero-order valence-electron chi connectivity index (χ0n) is 18.0. The first kappa shape index (κ1) is 21.2. The van der Waals surface area contributed by atoms with Gasteiger partial charge in [0.15, 0.2) is 5.96 Å². The van der Waals surface area contributed by atoms with Gasteiger partial charge in [0.1, 0.15) is 22.9 Å². The van der Waals surface area contributed by atoms with E-state index in [2.05, 4.69) is 31.6 Å². The van der Waals surface area contributed by atoms with Crippen molar-refractivity contribution in [2.24, 2.45) is 4.99 Å². The molecule has 1 aliphatic rings. The highest BCUT2D eigenvalue weighted by atomic mass is 16.3. The second-order valence-corrected chi connectivity index (χ2v) is 7.87. The minimum Gasteiger partial charge on any atom is -0.466 e. The SMILES string of the molecule is CCNC(=NCc1ccnc(N2CCCC2)c1)NCC(C)(O)c1cc(C)oc1C. The highest BCUT2D eigenvalue weighted by Crippen LogP contribution is 2.26. The van der Waals surface area contributed by atoms with Gasteiger partial charge in [-0.2, -0.15) is 0 Å². The van der Waals surface area contributed by atoms with E-state index in [-0.39, 0.29) is 0 Å². The van der Waals surface area contributed by atoms with Crippen LogP contribution in [0.1, 0.15) is 49.3 Å². The Balaban J connectivity index is 1.65. The van der Waals surface area contributed by atoms with Crippen molar-refractivity contribution in [3.05, 3.63) is 47.0 Å². The van der Waals surface area contributed by atoms with Crippen molar-refractivity contribution >= 4 is 11.8 Å². The third-order valence-corrected chi connectivity index (χ3v) is 5.23. The van der Waals surface area contributed by atoms with Gasteiger partial charge < -0.3 is 25.1 Å². The van der Waals surface area contributed by atoms with Crippen LogP contribution in [0.4, 0.5) is 5.82 Å². The quantitative estimate of drug-likeness (QED) is 0.490. The summed E-state index contributed by atoms with van der Waals surface area (Å²) in [6, 6.07) is 6.00. The first-order valence-corrected chi connectivity index (χ1v) is 10.4. The number of furan rings is 1. The molecule has 3 N–H and O–H groups in total. The van der Waals surface area contributed by atoms with Crippen LogP contribution in [0, 0.1) is 13.8 Å². The summed E-state index contributed by atoms with van der Waals surface area (Å²) in [5, 5.41) is 17.4. The average molecular weight is 400 g/mol. The Morgan fingerprint density at radius 1 is 1.28 bits per heavy atom. The second-order valence-electron chi connectivity index (χ2n) is 7.87. The van der Waals surface area contributed by atoms with Crippen LogP contribution in [0.15, 0.2) is 33.8 Å². The van der Waals surface area contributed by atoms with E-state index in [9.17, 15) is 5.11 Å². The highest BCUT2D eigenvalue weighted by molar-refractivity contribution is 5.79. The number of nitrogens with zero attached hydrogens (tertiary/aromatic N) is 3. The summed E-state index contributed by atoms with van der Waals surface area (Å²) in [6.45, 7) is 11.3. The standard InChI is InChI=1S/C22H33N5O2/c1-5-23-21(26-15-22(4,28)19-12-16(2)29-17(19)3)25-14-18-8-9-24-20(13-18)27-10-6-7-11-27/h8-9,12-13,28H,5-7,10-11,14-15H2,1-4H3,(H2,23,25,26). The fourth-order valence-electron chi connectivity index (χ4n) is 3.71. The highest BCUT2D eigenvalue weighted by Gasteiger charge is 2.27. The summed E-state index contributed by atoms with van der Waals surface area (Å²) in [7, 11) is 0. The van der Waals surface area contributed by atoms with E-state index in [0.717, 1.165) is 48.1 Å². The number of anilines is 1. The molecule has 0 bridgehead atoms. The van der Waals surface area contributed by atoms with Gasteiger partial charge >= 0.3 is 0 Å². The zero-order valence-corrected chi connectivity index (χ0v) is 18.0. The number of hydrogen-bond donors (Lipinski definition) is 3. The lowest BCUT2D eigenvalue weighted by Gasteiger charge is -2.24. The molecule has 3 rings (SSSR count). The lowest BCUT2D eigenvalue weighted by Crippen LogP contribution is -2.44. The van der Waals surface area contributed by atoms with Crippen molar-refractivity contribution in [1.82, 2.24) is 15.6 Å². The molecule has 2 aromatic heterocycles. The maximum Gasteiger partial charge on any atom is 0.191 e. The van der Waals surface area contributed by atoms with E-state index in [1.165, 1.54) is 12.8 Å². The number of nitrogens with one attached hydrogen (secondary N) is 2. The van der Waals surface area contributed by atoms with E-state index < -0.39 is 5.60 Å². The molecule has 0 saturated carbocycles. The molecule has 1 saturated heterocycles. The molecule has 2 aromatic rings. The summed E-state index contributed by atoms with van der Waals surface area (Å²) >= 11 is 0. The molecule has 7 heteroatoms. The number of guanidine groups is 1. The van der Waals surface area contributed by atoms with Crippen LogP contribution in [0.5, 0.6) is 0 Å². The number of aromatic nitrogens is 1. The van der Waals surface area contributed by atoms with Gasteiger partial charge in [0.2, 0.25) is 0 Å². The van der Waals surface area contributed by atoms with Gasteiger partial charge in [0, 0.05) is 31.4 Å². The lowest BCUT2D eigenvalue weighted by molar-refractivity contribution is 0.0601. The lowest BCUT2D eigenvalue weighted by atomic mass is 9.96. The van der Waals surface area contributed by atoms with Gasteiger partial charge in [0.25, 0.3) is 0 Å². The monoisotopic (exact) mass is 399 g/mol. The maximum atomic E-state index is 10.9. The van der Waals surface area contributed by atoms with Gasteiger partial charge in [-0.15, -0.1) is 0 Å². The molecule has 1 unspecified atom stereocenters. The van der Waals surface area contributed by atoms with Crippen molar-refractivity contribution in [3.63, 3.8) is 0 Å². The Kier molecular flexibility index (Phi) is 6.79. The topological polar surface area (TPSA) is 85.9 Å². The van der Waals surface area contributed by atoms with Gasteiger partial charge in [-0.25, -0.2) is 9.98 Å². The Bertz CT molecular complexity index is 837. The third kappa shape index (κ3) is 5.50. The van der Waals surface area contributed by atoms with Crippen molar-refractivity contribution in [2.75, 3.05) is 31.1 Å². The normalized spacial score (nSPS) is 16.7. The van der Waals surface area contributed by atoms with E-state index in [1.54, 1.807) is 6.92 Å². The largest absolute Gasteiger partial charge is 0.466 e. The number of rotatable bonds is 7. The molecular formula is C22H33N5O2. The molecule has 7 nitrogen and oxygen atoms in total. The Hall–Kier alpha value is -2.54. The fourth-order valence-corrected chi connectivity index (χ4v) is 3.71. The summed E-state index contributed by atoms with van der Waals surface area (Å²) in [6.07, 6.45) is 4.32. The zero-order chi connectivity index (χ0) is 20.9. The molecule has 1 aliphatic heterocycles. The third-order valence-electron chi connectivity index (χ3n) is 5.23. The van der Waals surface area contributed by atoms with Gasteiger partial charge in [0.05, 0.1) is 13.1 Å². The van der Waals surface area contributed by atoms with E-state index in [4.69, 9.17) is 4.42 Å². The van der Waals surface area contributed by atoms with Crippen LogP contribution in [0.3, 0.4) is 0 Å². The number of pyridine rings is 1. The first-order valence-electron chi connectivity index (χ1n) is 10.4. The molecular weight excluding hydrogens is 366 g/mol. The van der Waals surface area contributed by atoms with Crippen LogP contribution >= 0.6 is 0 Å². The Morgan fingerprint density at radius 2 is 2.03 bits per heavy atom. The van der Waals surface area contributed by atoms with Gasteiger partial charge in [-0.05, 0) is 64.3 Å². The summed E-state index contributed by atoms with van der Waals surface area (Å²) in [4.78, 5) is 11.5. The van der Waals surface area contributed by atoms with Crippen LogP contribution in [0.25, 0.3) is 0 Å². The fraction of sp³-hybridized carbons (Fsp3) is 0.545. The smallest absolute Gasteiger partial charge is 0.191 e. The molecule has 0 radical (unpaired) electrons. The summed E-state index contributed by atoms with van der Waals surface area (Å²) in [5.41, 5.74) is 0.854. The predicted octanol–water partition coefficient (Wildman–Crippen LogP) is 2.85. The average Bonchev–Trinajstić information content (AvgIpc) is 3.34. The van der Waals surface area contributed by atoms with Gasteiger partial charge in [-0.3, -0.25) is 0 Å². The van der Waals surface area contributed by atoms with Crippen molar-refractivity contribution in [2.45, 2.75) is 52.7 Å². The number of aliphatic imine (C=N–C) groups is 1. The number of aliphatic hydroxyl groups is 1. The summed E-state index contributed by atoms with van der Waals surface area (Å²) < 4.78 is 5.57. The van der Waals surface area contributed by atoms with Crippen LogP contribution in [-0.4, -0.2) is 42.2 Å². The molecule has 29 heavy (non-hydrogen) atoms. The molecule has 3 heterocycles.